The third kappa shape index (κ3) is 4.12. The molecule has 8 nitrogen and oxygen atoms in total. The second-order valence-corrected chi connectivity index (χ2v) is 7.20. The van der Waals surface area contributed by atoms with E-state index in [9.17, 15) is 4.79 Å². The number of Topliss-reactive ketones (excluding diaryl/α,β-unsaturated/α-hetero) is 1. The van der Waals surface area contributed by atoms with Gasteiger partial charge in [0.15, 0.2) is 18.1 Å². The lowest BCUT2D eigenvalue weighted by Gasteiger charge is -2.10. The number of methoxy groups -OCH3 is 2. The normalized spacial score (nSPS) is 12.2. The van der Waals surface area contributed by atoms with E-state index < -0.39 is 0 Å². The van der Waals surface area contributed by atoms with E-state index in [1.165, 1.54) is 6.21 Å². The van der Waals surface area contributed by atoms with Crippen molar-refractivity contribution < 1.29 is 28.6 Å². The molecule has 4 rings (SSSR count). The van der Waals surface area contributed by atoms with E-state index in [-0.39, 0.29) is 19.2 Å². The Bertz CT molecular complexity index is 1180. The van der Waals surface area contributed by atoms with E-state index in [1.807, 2.05) is 42.7 Å². The number of aromatic nitrogens is 1. The molecule has 8 heteroatoms. The van der Waals surface area contributed by atoms with Gasteiger partial charge in [0.1, 0.15) is 11.5 Å². The largest absolute Gasteiger partial charge is 0.497 e. The fraction of sp³-hybridized carbons (Fsp3) is 0.250. The first-order valence-corrected chi connectivity index (χ1v) is 10.0. The van der Waals surface area contributed by atoms with Crippen molar-refractivity contribution in [2.24, 2.45) is 5.16 Å². The summed E-state index contributed by atoms with van der Waals surface area (Å²) in [7, 11) is 3.15. The van der Waals surface area contributed by atoms with Gasteiger partial charge in [0.05, 0.1) is 20.4 Å². The van der Waals surface area contributed by atoms with Gasteiger partial charge in [0.2, 0.25) is 12.6 Å². The van der Waals surface area contributed by atoms with Crippen LogP contribution in [0.5, 0.6) is 23.0 Å². The van der Waals surface area contributed by atoms with E-state index in [4.69, 9.17) is 23.8 Å². The molecule has 1 aliphatic heterocycles. The van der Waals surface area contributed by atoms with E-state index in [0.29, 0.717) is 34.1 Å². The number of carbonyl (C=O) groups excluding carboxylic acids is 1. The van der Waals surface area contributed by atoms with Crippen LogP contribution in [0.2, 0.25) is 0 Å². The van der Waals surface area contributed by atoms with Crippen LogP contribution in [0.1, 0.15) is 27.3 Å². The molecule has 0 fully saturated rings. The zero-order chi connectivity index (χ0) is 22.7. The lowest BCUT2D eigenvalue weighted by Crippen LogP contribution is -2.09. The number of ether oxygens (including phenoxy) is 4. The number of rotatable bonds is 8. The summed E-state index contributed by atoms with van der Waals surface area (Å²) in [5.41, 5.74) is 3.93. The number of aryl methyl sites for hydroxylation is 1. The van der Waals surface area contributed by atoms with Crippen LogP contribution in [-0.4, -0.2) is 44.2 Å². The quantitative estimate of drug-likeness (QED) is 0.301. The number of carbonyl (C=O) groups is 1. The number of hydrogen-bond donors (Lipinski definition) is 0. The molecule has 0 saturated carbocycles. The van der Waals surface area contributed by atoms with Crippen molar-refractivity contribution in [3.8, 4) is 28.7 Å². The van der Waals surface area contributed by atoms with Gasteiger partial charge in [-0.2, -0.15) is 0 Å². The van der Waals surface area contributed by atoms with E-state index in [0.717, 1.165) is 17.1 Å². The van der Waals surface area contributed by atoms with E-state index in [2.05, 4.69) is 5.16 Å². The van der Waals surface area contributed by atoms with E-state index >= 15 is 0 Å². The molecule has 2 aromatic carbocycles. The zero-order valence-electron chi connectivity index (χ0n) is 18.4. The first-order chi connectivity index (χ1) is 15.5. The molecular formula is C24H24N2O6. The van der Waals surface area contributed by atoms with Gasteiger partial charge in [0, 0.05) is 40.3 Å². The minimum Gasteiger partial charge on any atom is -0.497 e. The Labute approximate surface area is 185 Å². The van der Waals surface area contributed by atoms with E-state index in [1.54, 1.807) is 32.4 Å². The highest BCUT2D eigenvalue weighted by Gasteiger charge is 2.19. The van der Waals surface area contributed by atoms with Gasteiger partial charge in [-0.25, -0.2) is 0 Å². The third-order valence-corrected chi connectivity index (χ3v) is 5.25. The molecule has 0 N–H and O–H groups in total. The summed E-state index contributed by atoms with van der Waals surface area (Å²) in [5, 5.41) is 3.92. The van der Waals surface area contributed by atoms with Gasteiger partial charge in [0.25, 0.3) is 0 Å². The van der Waals surface area contributed by atoms with Crippen LogP contribution in [0.4, 0.5) is 0 Å². The van der Waals surface area contributed by atoms with Gasteiger partial charge in [-0.1, -0.05) is 5.16 Å². The lowest BCUT2D eigenvalue weighted by atomic mass is 10.1. The van der Waals surface area contributed by atoms with Gasteiger partial charge in [-0.3, -0.25) is 4.79 Å². The average molecular weight is 436 g/mol. The summed E-state index contributed by atoms with van der Waals surface area (Å²) < 4.78 is 23.4. The topological polar surface area (TPSA) is 80.5 Å². The van der Waals surface area contributed by atoms with Gasteiger partial charge < -0.3 is 28.4 Å². The number of ketones is 1. The number of fused-ring (bicyclic) bond motifs is 1. The summed E-state index contributed by atoms with van der Waals surface area (Å²) in [6.45, 7) is 3.88. The molecule has 0 atom stereocenters. The third-order valence-electron chi connectivity index (χ3n) is 5.25. The number of hydrogen-bond acceptors (Lipinski definition) is 7. The molecule has 0 unspecified atom stereocenters. The molecule has 0 aliphatic carbocycles. The minimum absolute atomic E-state index is 0.163. The highest BCUT2D eigenvalue weighted by molar-refractivity contribution is 5.98. The Morgan fingerprint density at radius 1 is 1.06 bits per heavy atom. The highest BCUT2D eigenvalue weighted by atomic mass is 16.7. The maximum atomic E-state index is 12.8. The molecule has 0 saturated heterocycles. The Morgan fingerprint density at radius 3 is 2.66 bits per heavy atom. The molecule has 3 aromatic rings. The molecule has 0 spiro atoms. The Morgan fingerprint density at radius 2 is 1.88 bits per heavy atom. The van der Waals surface area contributed by atoms with Gasteiger partial charge >= 0.3 is 0 Å². The molecule has 0 amide bonds. The van der Waals surface area contributed by atoms with Gasteiger partial charge in [-0.05, 0) is 44.2 Å². The van der Waals surface area contributed by atoms with Crippen molar-refractivity contribution in [1.82, 2.24) is 4.57 Å². The van der Waals surface area contributed by atoms with Crippen molar-refractivity contribution in [1.29, 1.82) is 0 Å². The zero-order valence-corrected chi connectivity index (χ0v) is 18.4. The Kier molecular flexibility index (Phi) is 6.02. The summed E-state index contributed by atoms with van der Waals surface area (Å²) in [5.74, 6) is 2.51. The summed E-state index contributed by atoms with van der Waals surface area (Å²) in [4.78, 5) is 18.0. The Balaban J connectivity index is 1.46. The van der Waals surface area contributed by atoms with Crippen molar-refractivity contribution in [2.75, 3.05) is 27.6 Å². The summed E-state index contributed by atoms with van der Waals surface area (Å²) >= 11 is 0. The SMILES string of the molecule is COc1ccc(/C=N/OCC(=O)c2cc(C)n(-c3ccc4c(c3)OCO4)c2C)c(OC)c1. The average Bonchev–Trinajstić information content (AvgIpc) is 3.39. The second-order valence-electron chi connectivity index (χ2n) is 7.20. The summed E-state index contributed by atoms with van der Waals surface area (Å²) in [6.07, 6.45) is 1.50. The first-order valence-electron chi connectivity index (χ1n) is 10.0. The fourth-order valence-electron chi connectivity index (χ4n) is 3.66. The van der Waals surface area contributed by atoms with Crippen molar-refractivity contribution >= 4 is 12.0 Å². The highest BCUT2D eigenvalue weighted by Crippen LogP contribution is 2.35. The standard InChI is InChI=1S/C24H24N2O6/c1-15-9-20(16(2)26(15)18-6-8-22-24(10-18)31-14-30-22)21(27)13-32-25-12-17-5-7-19(28-3)11-23(17)29-4/h5-12H,13-14H2,1-4H3/b25-12+. The predicted molar refractivity (Wildman–Crippen MR) is 119 cm³/mol. The molecule has 2 heterocycles. The fourth-order valence-corrected chi connectivity index (χ4v) is 3.66. The molecule has 32 heavy (non-hydrogen) atoms. The molecule has 166 valence electrons. The maximum Gasteiger partial charge on any atom is 0.231 e. The molecule has 0 radical (unpaired) electrons. The van der Waals surface area contributed by atoms with Crippen LogP contribution in [0, 0.1) is 13.8 Å². The lowest BCUT2D eigenvalue weighted by molar-refractivity contribution is 0.0778. The van der Waals surface area contributed by atoms with Crippen LogP contribution in [0.15, 0.2) is 47.6 Å². The van der Waals surface area contributed by atoms with Crippen LogP contribution >= 0.6 is 0 Å². The molecule has 1 aliphatic rings. The second kappa shape index (κ2) is 9.05. The van der Waals surface area contributed by atoms with Crippen LogP contribution in [-0.2, 0) is 4.84 Å². The molecule has 1 aromatic heterocycles. The monoisotopic (exact) mass is 436 g/mol. The summed E-state index contributed by atoms with van der Waals surface area (Å²) in [6, 6.07) is 12.9. The number of oxime groups is 1. The molecular weight excluding hydrogens is 412 g/mol. The van der Waals surface area contributed by atoms with Crippen molar-refractivity contribution in [3.05, 3.63) is 65.0 Å². The number of benzene rings is 2. The van der Waals surface area contributed by atoms with Crippen molar-refractivity contribution in [3.63, 3.8) is 0 Å². The van der Waals surface area contributed by atoms with Crippen LogP contribution < -0.4 is 18.9 Å². The number of nitrogens with zero attached hydrogens (tertiary/aromatic N) is 2. The minimum atomic E-state index is -0.180. The predicted octanol–water partition coefficient (Wildman–Crippen LogP) is 4.07. The van der Waals surface area contributed by atoms with Crippen molar-refractivity contribution in [2.45, 2.75) is 13.8 Å². The Hall–Kier alpha value is -3.94. The maximum absolute atomic E-state index is 12.8. The van der Waals surface area contributed by atoms with Gasteiger partial charge in [-0.15, -0.1) is 0 Å². The van der Waals surface area contributed by atoms with Crippen LogP contribution in [0.3, 0.4) is 0 Å². The smallest absolute Gasteiger partial charge is 0.231 e. The first kappa shape index (κ1) is 21.3. The van der Waals surface area contributed by atoms with Crippen LogP contribution in [0.25, 0.3) is 5.69 Å². The molecule has 0 bridgehead atoms.